The number of guanidine groups is 1. The monoisotopic (exact) mass is 398 g/mol. The Bertz CT molecular complexity index is 763. The SMILES string of the molecule is CCNC(=NCC(=O)Nc1ccc(O)cc1)NCC(C)COCc1ccccc1. The van der Waals surface area contributed by atoms with Crippen LogP contribution in [0.5, 0.6) is 5.75 Å². The maximum atomic E-state index is 12.1. The van der Waals surface area contributed by atoms with E-state index in [0.29, 0.717) is 38.0 Å². The molecule has 0 aromatic heterocycles. The number of rotatable bonds is 10. The Labute approximate surface area is 172 Å². The highest BCUT2D eigenvalue weighted by Crippen LogP contribution is 2.13. The molecule has 1 atom stereocenters. The minimum absolute atomic E-state index is 0.00486. The summed E-state index contributed by atoms with van der Waals surface area (Å²) in [6.45, 7) is 6.66. The smallest absolute Gasteiger partial charge is 0.246 e. The Hall–Kier alpha value is -3.06. The fraction of sp³-hybridized carbons (Fsp3) is 0.364. The van der Waals surface area contributed by atoms with Crippen molar-refractivity contribution in [2.24, 2.45) is 10.9 Å². The summed E-state index contributed by atoms with van der Waals surface area (Å²) in [7, 11) is 0. The number of phenols is 1. The van der Waals surface area contributed by atoms with Crippen LogP contribution in [0.25, 0.3) is 0 Å². The highest BCUT2D eigenvalue weighted by Gasteiger charge is 2.06. The average molecular weight is 399 g/mol. The van der Waals surface area contributed by atoms with Gasteiger partial charge in [-0.25, -0.2) is 4.99 Å². The summed E-state index contributed by atoms with van der Waals surface area (Å²) in [4.78, 5) is 16.4. The molecular weight excluding hydrogens is 368 g/mol. The van der Waals surface area contributed by atoms with E-state index in [1.165, 1.54) is 12.1 Å². The third-order valence-corrected chi connectivity index (χ3v) is 4.01. The van der Waals surface area contributed by atoms with Gasteiger partial charge >= 0.3 is 0 Å². The van der Waals surface area contributed by atoms with Crippen LogP contribution >= 0.6 is 0 Å². The molecule has 0 aliphatic carbocycles. The molecule has 0 bridgehead atoms. The summed E-state index contributed by atoms with van der Waals surface area (Å²) >= 11 is 0. The van der Waals surface area contributed by atoms with E-state index in [9.17, 15) is 9.90 Å². The van der Waals surface area contributed by atoms with Crippen LogP contribution < -0.4 is 16.0 Å². The van der Waals surface area contributed by atoms with Crippen molar-refractivity contribution in [3.05, 3.63) is 60.2 Å². The number of ether oxygens (including phenoxy) is 1. The fourth-order valence-corrected chi connectivity index (χ4v) is 2.52. The van der Waals surface area contributed by atoms with E-state index in [1.807, 2.05) is 37.3 Å². The second-order valence-corrected chi connectivity index (χ2v) is 6.78. The van der Waals surface area contributed by atoms with Crippen molar-refractivity contribution in [1.29, 1.82) is 0 Å². The molecule has 0 aliphatic heterocycles. The molecule has 0 aliphatic rings. The van der Waals surface area contributed by atoms with E-state index in [0.717, 1.165) is 5.56 Å². The highest BCUT2D eigenvalue weighted by atomic mass is 16.5. The van der Waals surface area contributed by atoms with Gasteiger partial charge in [0.25, 0.3) is 0 Å². The highest BCUT2D eigenvalue weighted by molar-refractivity contribution is 5.94. The summed E-state index contributed by atoms with van der Waals surface area (Å²) in [5.41, 5.74) is 1.77. The molecule has 0 saturated heterocycles. The zero-order chi connectivity index (χ0) is 20.9. The Morgan fingerprint density at radius 1 is 1.10 bits per heavy atom. The van der Waals surface area contributed by atoms with E-state index >= 15 is 0 Å². The molecule has 29 heavy (non-hydrogen) atoms. The lowest BCUT2D eigenvalue weighted by molar-refractivity contribution is -0.114. The minimum Gasteiger partial charge on any atom is -0.508 e. The molecule has 2 rings (SSSR count). The Kier molecular flexibility index (Phi) is 9.51. The van der Waals surface area contributed by atoms with Gasteiger partial charge in [-0.05, 0) is 42.7 Å². The van der Waals surface area contributed by atoms with E-state index in [-0.39, 0.29) is 24.1 Å². The van der Waals surface area contributed by atoms with Crippen LogP contribution in [-0.2, 0) is 16.1 Å². The van der Waals surface area contributed by atoms with Crippen molar-refractivity contribution in [2.45, 2.75) is 20.5 Å². The lowest BCUT2D eigenvalue weighted by Gasteiger charge is -2.16. The Balaban J connectivity index is 1.72. The van der Waals surface area contributed by atoms with E-state index in [2.05, 4.69) is 27.9 Å². The summed E-state index contributed by atoms with van der Waals surface area (Å²) < 4.78 is 5.76. The first-order valence-electron chi connectivity index (χ1n) is 9.79. The lowest BCUT2D eigenvalue weighted by atomic mass is 10.2. The molecule has 1 unspecified atom stereocenters. The average Bonchev–Trinajstić information content (AvgIpc) is 2.72. The number of carbonyl (C=O) groups excluding carboxylic acids is 1. The Morgan fingerprint density at radius 3 is 2.52 bits per heavy atom. The second kappa shape index (κ2) is 12.4. The summed E-state index contributed by atoms with van der Waals surface area (Å²) in [6, 6.07) is 16.4. The molecule has 0 radical (unpaired) electrons. The number of aromatic hydroxyl groups is 1. The largest absolute Gasteiger partial charge is 0.508 e. The van der Waals surface area contributed by atoms with Crippen LogP contribution in [0.3, 0.4) is 0 Å². The van der Waals surface area contributed by atoms with E-state index in [1.54, 1.807) is 12.1 Å². The topological polar surface area (TPSA) is 95.0 Å². The molecule has 7 heteroatoms. The number of carbonyl (C=O) groups is 1. The predicted octanol–water partition coefficient (Wildman–Crippen LogP) is 2.74. The number of aliphatic imine (C=N–C) groups is 1. The molecule has 7 nitrogen and oxygen atoms in total. The molecule has 0 heterocycles. The summed E-state index contributed by atoms with van der Waals surface area (Å²) in [5.74, 6) is 0.797. The number of hydrogen-bond acceptors (Lipinski definition) is 4. The quantitative estimate of drug-likeness (QED) is 0.280. The van der Waals surface area contributed by atoms with Crippen molar-refractivity contribution in [3.63, 3.8) is 0 Å². The van der Waals surface area contributed by atoms with Gasteiger partial charge in [-0.2, -0.15) is 0 Å². The first-order valence-corrected chi connectivity index (χ1v) is 9.79. The van der Waals surface area contributed by atoms with Gasteiger partial charge in [0.05, 0.1) is 13.2 Å². The predicted molar refractivity (Wildman–Crippen MR) is 116 cm³/mol. The molecule has 0 fully saturated rings. The zero-order valence-electron chi connectivity index (χ0n) is 17.0. The number of nitrogens with zero attached hydrogens (tertiary/aromatic N) is 1. The van der Waals surface area contributed by atoms with Gasteiger partial charge in [0.15, 0.2) is 5.96 Å². The van der Waals surface area contributed by atoms with Gasteiger partial charge in [-0.15, -0.1) is 0 Å². The molecule has 0 spiro atoms. The van der Waals surface area contributed by atoms with Gasteiger partial charge in [0, 0.05) is 18.8 Å². The number of phenolic OH excluding ortho intramolecular Hbond substituents is 1. The van der Waals surface area contributed by atoms with Crippen LogP contribution in [0.2, 0.25) is 0 Å². The molecule has 156 valence electrons. The molecule has 1 amide bonds. The van der Waals surface area contributed by atoms with Crippen molar-refractivity contribution >= 4 is 17.6 Å². The molecule has 2 aromatic rings. The molecule has 4 N–H and O–H groups in total. The first kappa shape index (κ1) is 22.2. The van der Waals surface area contributed by atoms with Crippen LogP contribution in [0, 0.1) is 5.92 Å². The number of amides is 1. The van der Waals surface area contributed by atoms with Crippen LogP contribution in [0.15, 0.2) is 59.6 Å². The van der Waals surface area contributed by atoms with Crippen LogP contribution in [0.4, 0.5) is 5.69 Å². The Morgan fingerprint density at radius 2 is 1.83 bits per heavy atom. The van der Waals surface area contributed by atoms with E-state index in [4.69, 9.17) is 4.74 Å². The van der Waals surface area contributed by atoms with Crippen molar-refractivity contribution in [3.8, 4) is 5.75 Å². The lowest BCUT2D eigenvalue weighted by Crippen LogP contribution is -2.40. The summed E-state index contributed by atoms with van der Waals surface area (Å²) in [6.07, 6.45) is 0. The van der Waals surface area contributed by atoms with Crippen molar-refractivity contribution < 1.29 is 14.6 Å². The summed E-state index contributed by atoms with van der Waals surface area (Å²) in [5, 5.41) is 18.4. The first-order chi connectivity index (χ1) is 14.1. The van der Waals surface area contributed by atoms with Gasteiger partial charge in [0.2, 0.25) is 5.91 Å². The number of anilines is 1. The molecule has 0 saturated carbocycles. The number of hydrogen-bond donors (Lipinski definition) is 4. The molecule has 2 aromatic carbocycles. The zero-order valence-corrected chi connectivity index (χ0v) is 17.0. The third-order valence-electron chi connectivity index (χ3n) is 4.01. The maximum Gasteiger partial charge on any atom is 0.246 e. The number of benzene rings is 2. The standard InChI is InChI=1S/C22H30N4O3/c1-3-23-22(25-14-21(28)26-19-9-11-20(27)12-10-19)24-13-17(2)15-29-16-18-7-5-4-6-8-18/h4-12,17,27H,3,13-16H2,1-2H3,(H,26,28)(H2,23,24,25). The van der Waals surface area contributed by atoms with Gasteiger partial charge in [-0.1, -0.05) is 37.3 Å². The minimum atomic E-state index is -0.230. The normalized spacial score (nSPS) is 12.3. The molecular formula is C22H30N4O3. The van der Waals surface area contributed by atoms with Crippen molar-refractivity contribution in [2.75, 3.05) is 31.6 Å². The number of nitrogens with one attached hydrogen (secondary N) is 3. The van der Waals surface area contributed by atoms with Gasteiger partial charge in [0.1, 0.15) is 12.3 Å². The fourth-order valence-electron chi connectivity index (χ4n) is 2.52. The van der Waals surface area contributed by atoms with Gasteiger partial charge in [-0.3, -0.25) is 4.79 Å². The maximum absolute atomic E-state index is 12.1. The third kappa shape index (κ3) is 9.12. The van der Waals surface area contributed by atoms with Crippen LogP contribution in [-0.4, -0.2) is 43.2 Å². The van der Waals surface area contributed by atoms with Gasteiger partial charge < -0.3 is 25.8 Å². The second-order valence-electron chi connectivity index (χ2n) is 6.78. The van der Waals surface area contributed by atoms with Crippen LogP contribution in [0.1, 0.15) is 19.4 Å². The van der Waals surface area contributed by atoms with Crippen molar-refractivity contribution in [1.82, 2.24) is 10.6 Å². The van der Waals surface area contributed by atoms with E-state index < -0.39 is 0 Å².